The highest BCUT2D eigenvalue weighted by molar-refractivity contribution is 5.52. The summed E-state index contributed by atoms with van der Waals surface area (Å²) in [6.07, 6.45) is 0.743. The minimum atomic E-state index is -0.264. The Morgan fingerprint density at radius 1 is 0.913 bits per heavy atom. The zero-order valence-corrected chi connectivity index (χ0v) is 14.1. The Morgan fingerprint density at radius 3 is 2.22 bits per heavy atom. The van der Waals surface area contributed by atoms with Crippen LogP contribution in [0, 0.1) is 26.6 Å². The highest BCUT2D eigenvalue weighted by atomic mass is 19.1. The highest BCUT2D eigenvalue weighted by Crippen LogP contribution is 2.33. The van der Waals surface area contributed by atoms with Gasteiger partial charge in [0.1, 0.15) is 23.1 Å². The van der Waals surface area contributed by atoms with Crippen molar-refractivity contribution in [2.24, 2.45) is 0 Å². The molecule has 0 spiro atoms. The van der Waals surface area contributed by atoms with Gasteiger partial charge in [0.15, 0.2) is 0 Å². The fourth-order valence-electron chi connectivity index (χ4n) is 2.37. The number of methoxy groups -OCH3 is 1. The number of hydrogen-bond donors (Lipinski definition) is 0. The Bertz CT molecular complexity index is 651. The lowest BCUT2D eigenvalue weighted by Gasteiger charge is -2.17. The van der Waals surface area contributed by atoms with Gasteiger partial charge in [0.25, 0.3) is 0 Å². The van der Waals surface area contributed by atoms with Gasteiger partial charge >= 0.3 is 0 Å². The summed E-state index contributed by atoms with van der Waals surface area (Å²) in [5.74, 6) is 2.12. The molecule has 0 amide bonds. The van der Waals surface area contributed by atoms with Crippen LogP contribution in [0.25, 0.3) is 0 Å². The minimum Gasteiger partial charge on any atom is -0.496 e. The third-order valence-corrected chi connectivity index (χ3v) is 3.83. The standard InChI is InChI=1S/C19H23FO3/c1-13-12-18(21-4)15(3)19(14(13)2)23-11-5-10-22-17-8-6-16(20)7-9-17/h6-9,12H,5,10-11H2,1-4H3. The SMILES string of the molecule is COc1cc(C)c(C)c(OCCCOc2ccc(F)cc2)c1C. The van der Waals surface area contributed by atoms with E-state index in [-0.39, 0.29) is 5.82 Å². The summed E-state index contributed by atoms with van der Waals surface area (Å²) in [7, 11) is 1.66. The summed E-state index contributed by atoms with van der Waals surface area (Å²) < 4.78 is 29.7. The van der Waals surface area contributed by atoms with Crippen LogP contribution in [0.5, 0.6) is 17.2 Å². The molecule has 0 unspecified atom stereocenters. The maximum Gasteiger partial charge on any atom is 0.129 e. The molecule has 124 valence electrons. The second-order valence-electron chi connectivity index (χ2n) is 5.48. The van der Waals surface area contributed by atoms with Gasteiger partial charge in [-0.1, -0.05) is 0 Å². The molecule has 0 bridgehead atoms. The second-order valence-corrected chi connectivity index (χ2v) is 5.48. The lowest BCUT2D eigenvalue weighted by molar-refractivity contribution is 0.244. The van der Waals surface area contributed by atoms with Crippen LogP contribution in [0.15, 0.2) is 30.3 Å². The van der Waals surface area contributed by atoms with E-state index in [1.54, 1.807) is 19.2 Å². The summed E-state index contributed by atoms with van der Waals surface area (Å²) in [5.41, 5.74) is 3.28. The number of benzene rings is 2. The topological polar surface area (TPSA) is 27.7 Å². The summed E-state index contributed by atoms with van der Waals surface area (Å²) in [6, 6.07) is 8.04. The molecule has 0 aromatic heterocycles. The summed E-state index contributed by atoms with van der Waals surface area (Å²) in [5, 5.41) is 0. The van der Waals surface area contributed by atoms with E-state index < -0.39 is 0 Å². The molecule has 0 saturated carbocycles. The van der Waals surface area contributed by atoms with E-state index in [4.69, 9.17) is 14.2 Å². The molecule has 0 fully saturated rings. The minimum absolute atomic E-state index is 0.264. The maximum absolute atomic E-state index is 12.8. The van der Waals surface area contributed by atoms with Crippen LogP contribution in [0.2, 0.25) is 0 Å². The number of halogens is 1. The highest BCUT2D eigenvalue weighted by Gasteiger charge is 2.12. The summed E-state index contributed by atoms with van der Waals surface area (Å²) in [4.78, 5) is 0. The van der Waals surface area contributed by atoms with Crippen molar-refractivity contribution in [3.63, 3.8) is 0 Å². The van der Waals surface area contributed by atoms with Gasteiger partial charge in [0.05, 0.1) is 20.3 Å². The first-order valence-electron chi connectivity index (χ1n) is 7.69. The van der Waals surface area contributed by atoms with E-state index in [0.717, 1.165) is 34.6 Å². The van der Waals surface area contributed by atoms with Gasteiger partial charge in [-0.05, 0) is 62.2 Å². The van der Waals surface area contributed by atoms with Crippen LogP contribution in [-0.4, -0.2) is 20.3 Å². The molecule has 4 heteroatoms. The van der Waals surface area contributed by atoms with E-state index >= 15 is 0 Å². The Labute approximate surface area is 137 Å². The largest absolute Gasteiger partial charge is 0.496 e. The summed E-state index contributed by atoms with van der Waals surface area (Å²) in [6.45, 7) is 7.16. The maximum atomic E-state index is 12.8. The van der Waals surface area contributed by atoms with E-state index in [0.29, 0.717) is 19.0 Å². The molecule has 0 radical (unpaired) electrons. The van der Waals surface area contributed by atoms with Crippen molar-refractivity contribution >= 4 is 0 Å². The third-order valence-electron chi connectivity index (χ3n) is 3.83. The van der Waals surface area contributed by atoms with Crippen molar-refractivity contribution < 1.29 is 18.6 Å². The molecule has 0 heterocycles. The van der Waals surface area contributed by atoms with Crippen LogP contribution in [0.3, 0.4) is 0 Å². The molecular weight excluding hydrogens is 295 g/mol. The van der Waals surface area contributed by atoms with Crippen LogP contribution in [-0.2, 0) is 0 Å². The van der Waals surface area contributed by atoms with Crippen molar-refractivity contribution in [3.05, 3.63) is 52.8 Å². The van der Waals surface area contributed by atoms with Crippen molar-refractivity contribution in [1.82, 2.24) is 0 Å². The smallest absolute Gasteiger partial charge is 0.129 e. The molecule has 0 aliphatic rings. The van der Waals surface area contributed by atoms with Crippen molar-refractivity contribution in [2.45, 2.75) is 27.2 Å². The molecule has 2 aromatic rings. The zero-order chi connectivity index (χ0) is 16.8. The molecule has 23 heavy (non-hydrogen) atoms. The van der Waals surface area contributed by atoms with Crippen LogP contribution < -0.4 is 14.2 Å². The predicted octanol–water partition coefficient (Wildman–Crippen LogP) is 4.61. The van der Waals surface area contributed by atoms with Crippen molar-refractivity contribution in [2.75, 3.05) is 20.3 Å². The normalized spacial score (nSPS) is 10.5. The van der Waals surface area contributed by atoms with Crippen LogP contribution >= 0.6 is 0 Å². The molecule has 0 saturated heterocycles. The molecular formula is C19H23FO3. The first kappa shape index (κ1) is 17.1. The van der Waals surface area contributed by atoms with E-state index in [1.165, 1.54) is 12.1 Å². The third kappa shape index (κ3) is 4.38. The Balaban J connectivity index is 1.87. The van der Waals surface area contributed by atoms with E-state index in [2.05, 4.69) is 0 Å². The lowest BCUT2D eigenvalue weighted by Crippen LogP contribution is -2.07. The van der Waals surface area contributed by atoms with Gasteiger partial charge in [-0.2, -0.15) is 0 Å². The van der Waals surface area contributed by atoms with Crippen LogP contribution in [0.1, 0.15) is 23.1 Å². The number of rotatable bonds is 7. The van der Waals surface area contributed by atoms with Crippen molar-refractivity contribution in [1.29, 1.82) is 0 Å². The molecule has 0 aliphatic carbocycles. The molecule has 2 rings (SSSR count). The lowest BCUT2D eigenvalue weighted by atomic mass is 10.0. The van der Waals surface area contributed by atoms with Gasteiger partial charge in [-0.3, -0.25) is 0 Å². The Hall–Kier alpha value is -2.23. The van der Waals surface area contributed by atoms with Gasteiger partial charge < -0.3 is 14.2 Å². The number of ether oxygens (including phenoxy) is 3. The first-order valence-corrected chi connectivity index (χ1v) is 7.69. The fraction of sp³-hybridized carbons (Fsp3) is 0.368. The summed E-state index contributed by atoms with van der Waals surface area (Å²) >= 11 is 0. The van der Waals surface area contributed by atoms with Gasteiger partial charge in [-0.25, -0.2) is 4.39 Å². The molecule has 0 N–H and O–H groups in total. The monoisotopic (exact) mass is 318 g/mol. The molecule has 3 nitrogen and oxygen atoms in total. The van der Waals surface area contributed by atoms with Gasteiger partial charge in [0.2, 0.25) is 0 Å². The average molecular weight is 318 g/mol. The quantitative estimate of drug-likeness (QED) is 0.698. The van der Waals surface area contributed by atoms with Gasteiger partial charge in [0, 0.05) is 12.0 Å². The van der Waals surface area contributed by atoms with Crippen molar-refractivity contribution in [3.8, 4) is 17.2 Å². The Kier molecular flexibility index (Phi) is 5.85. The Morgan fingerprint density at radius 2 is 1.57 bits per heavy atom. The zero-order valence-electron chi connectivity index (χ0n) is 14.1. The van der Waals surface area contributed by atoms with Crippen LogP contribution in [0.4, 0.5) is 4.39 Å². The van der Waals surface area contributed by atoms with E-state index in [1.807, 2.05) is 26.8 Å². The number of aryl methyl sites for hydroxylation is 1. The second kappa shape index (κ2) is 7.86. The molecule has 2 aromatic carbocycles. The van der Waals surface area contributed by atoms with E-state index in [9.17, 15) is 4.39 Å². The van der Waals surface area contributed by atoms with Gasteiger partial charge in [-0.15, -0.1) is 0 Å². The molecule has 0 aliphatic heterocycles. The number of hydrogen-bond acceptors (Lipinski definition) is 3. The first-order chi connectivity index (χ1) is 11.0. The molecule has 0 atom stereocenters. The predicted molar refractivity (Wildman–Crippen MR) is 89.2 cm³/mol. The fourth-order valence-corrected chi connectivity index (χ4v) is 2.37. The average Bonchev–Trinajstić information content (AvgIpc) is 2.55.